The number of thioether (sulfide) groups is 2. The number of hydrogen-bond donors (Lipinski definition) is 0. The van der Waals surface area contributed by atoms with Crippen LogP contribution in [0, 0.1) is 0 Å². The molecule has 0 aliphatic carbocycles. The highest BCUT2D eigenvalue weighted by Crippen LogP contribution is 2.51. The summed E-state index contributed by atoms with van der Waals surface area (Å²) in [6.07, 6.45) is 3.91. The van der Waals surface area contributed by atoms with Gasteiger partial charge in [0.15, 0.2) is 0 Å². The predicted octanol–water partition coefficient (Wildman–Crippen LogP) is 8.26. The fourth-order valence-corrected chi connectivity index (χ4v) is 9.50. The van der Waals surface area contributed by atoms with Gasteiger partial charge in [-0.3, -0.25) is 19.4 Å². The minimum Gasteiger partial charge on any atom is -0.383 e. The molecule has 0 bridgehead atoms. The first-order valence-electron chi connectivity index (χ1n) is 16.9. The number of unbranched alkanes of at least 4 members (excludes halogenated alkanes) is 1. The van der Waals surface area contributed by atoms with Gasteiger partial charge in [0.1, 0.15) is 5.57 Å². The highest BCUT2D eigenvalue weighted by Gasteiger charge is 2.44. The number of ether oxygens (including phenoxy) is 1. The summed E-state index contributed by atoms with van der Waals surface area (Å²) in [6, 6.07) is 24.7. The van der Waals surface area contributed by atoms with E-state index in [9.17, 15) is 14.4 Å². The molecule has 1 saturated heterocycles. The smallest absolute Gasteiger partial charge is 0.334 e. The summed E-state index contributed by atoms with van der Waals surface area (Å²) >= 11 is 3.39. The number of benzene rings is 4. The molecule has 1 atom stereocenters. The van der Waals surface area contributed by atoms with Gasteiger partial charge in [0.2, 0.25) is 0 Å². The summed E-state index contributed by atoms with van der Waals surface area (Å²) in [4.78, 5) is 51.6. The zero-order chi connectivity index (χ0) is 34.2. The number of nitrogens with zero attached hydrogens (tertiary/aromatic N) is 4. The standard InChI is InChI=1S/C39H40N4O4S2/c1-5-7-20-42-37(44)34(38(45)43(39(42)46)21-22-47-4)27(23-32-40(3)35-28-14-10-8-12-25(28)16-18-30(35)48-32)24-33-41(6-2)36-29-15-11-9-13-26(29)17-19-31(36)49-33/h8-19,24,32H,5-7,20-23H2,1-4H3/b33-24?,34-27+. The maximum atomic E-state index is 14.4. The molecule has 1 fully saturated rings. The van der Waals surface area contributed by atoms with Gasteiger partial charge in [-0.25, -0.2) is 4.79 Å². The lowest BCUT2D eigenvalue weighted by Gasteiger charge is -2.35. The SMILES string of the molecule is CCCCN1C(=O)/C(=C(\C=C2Sc3ccc4ccccc4c3N2CC)CC2Sc3ccc4ccccc4c3N2C)C(=O)N(CCOC)C1=O. The molecule has 0 spiro atoms. The summed E-state index contributed by atoms with van der Waals surface area (Å²) < 4.78 is 5.28. The van der Waals surface area contributed by atoms with Gasteiger partial charge in [-0.05, 0) is 47.9 Å². The molecule has 252 valence electrons. The highest BCUT2D eigenvalue weighted by atomic mass is 32.2. The van der Waals surface area contributed by atoms with Crippen LogP contribution in [-0.2, 0) is 14.3 Å². The zero-order valence-electron chi connectivity index (χ0n) is 28.3. The molecule has 49 heavy (non-hydrogen) atoms. The number of carbonyl (C=O) groups excluding carboxylic acids is 3. The summed E-state index contributed by atoms with van der Waals surface area (Å²) in [5, 5.41) is 5.52. The molecule has 1 unspecified atom stereocenters. The van der Waals surface area contributed by atoms with Crippen molar-refractivity contribution >= 4 is 74.3 Å². The van der Waals surface area contributed by atoms with Gasteiger partial charge in [-0.2, -0.15) is 0 Å². The molecule has 4 amide bonds. The van der Waals surface area contributed by atoms with E-state index in [0.29, 0.717) is 25.0 Å². The number of imide groups is 2. The van der Waals surface area contributed by atoms with Crippen molar-refractivity contribution < 1.29 is 19.1 Å². The average molecular weight is 693 g/mol. The van der Waals surface area contributed by atoms with E-state index >= 15 is 0 Å². The highest BCUT2D eigenvalue weighted by molar-refractivity contribution is 8.03. The number of methoxy groups -OCH3 is 1. The Morgan fingerprint density at radius 1 is 0.796 bits per heavy atom. The number of anilines is 2. The second-order valence-corrected chi connectivity index (χ2v) is 14.7. The van der Waals surface area contributed by atoms with E-state index in [2.05, 4.69) is 84.4 Å². The maximum Gasteiger partial charge on any atom is 0.334 e. The molecule has 7 rings (SSSR count). The van der Waals surface area contributed by atoms with Crippen LogP contribution in [0.25, 0.3) is 21.5 Å². The first-order valence-corrected chi connectivity index (χ1v) is 18.6. The Balaban J connectivity index is 1.37. The van der Waals surface area contributed by atoms with Crippen LogP contribution in [0.15, 0.2) is 105 Å². The molecule has 0 N–H and O–H groups in total. The van der Waals surface area contributed by atoms with Gasteiger partial charge in [-0.15, -0.1) is 0 Å². The third-order valence-corrected chi connectivity index (χ3v) is 11.9. The fraction of sp³-hybridized carbons (Fsp3) is 0.308. The van der Waals surface area contributed by atoms with Crippen LogP contribution < -0.4 is 9.80 Å². The Labute approximate surface area is 295 Å². The molecule has 4 aromatic rings. The van der Waals surface area contributed by atoms with Crippen molar-refractivity contribution in [3.63, 3.8) is 0 Å². The lowest BCUT2D eigenvalue weighted by molar-refractivity contribution is -0.136. The van der Waals surface area contributed by atoms with Crippen molar-refractivity contribution in [1.29, 1.82) is 0 Å². The number of fused-ring (bicyclic) bond motifs is 6. The van der Waals surface area contributed by atoms with Crippen molar-refractivity contribution in [2.45, 2.75) is 48.3 Å². The van der Waals surface area contributed by atoms with Gasteiger partial charge in [0.25, 0.3) is 11.8 Å². The second kappa shape index (κ2) is 13.9. The molecule has 3 heterocycles. The van der Waals surface area contributed by atoms with Gasteiger partial charge < -0.3 is 14.5 Å². The fourth-order valence-electron chi connectivity index (χ4n) is 6.96. The van der Waals surface area contributed by atoms with Crippen LogP contribution in [0.4, 0.5) is 16.2 Å². The number of amides is 4. The number of urea groups is 1. The van der Waals surface area contributed by atoms with E-state index < -0.39 is 17.8 Å². The maximum absolute atomic E-state index is 14.4. The quantitative estimate of drug-likeness (QED) is 0.122. The zero-order valence-corrected chi connectivity index (χ0v) is 29.9. The summed E-state index contributed by atoms with van der Waals surface area (Å²) in [6.45, 7) is 5.35. The van der Waals surface area contributed by atoms with Crippen LogP contribution in [0.3, 0.4) is 0 Å². The van der Waals surface area contributed by atoms with Crippen LogP contribution in [0.5, 0.6) is 0 Å². The average Bonchev–Trinajstić information content (AvgIpc) is 3.64. The number of carbonyl (C=O) groups is 3. The molecule has 4 aromatic carbocycles. The van der Waals surface area contributed by atoms with Crippen LogP contribution >= 0.6 is 23.5 Å². The minimum absolute atomic E-state index is 0.0617. The lowest BCUT2D eigenvalue weighted by Crippen LogP contribution is -2.57. The third-order valence-electron chi connectivity index (χ3n) is 9.49. The van der Waals surface area contributed by atoms with Gasteiger partial charge in [-0.1, -0.05) is 97.5 Å². The Morgan fingerprint density at radius 3 is 2.08 bits per heavy atom. The van der Waals surface area contributed by atoms with Crippen LogP contribution in [-0.4, -0.2) is 73.4 Å². The molecular weight excluding hydrogens is 653 g/mol. The van der Waals surface area contributed by atoms with E-state index in [1.807, 2.05) is 25.1 Å². The van der Waals surface area contributed by atoms with Gasteiger partial charge >= 0.3 is 6.03 Å². The summed E-state index contributed by atoms with van der Waals surface area (Å²) in [5.74, 6) is -1.08. The second-order valence-electron chi connectivity index (χ2n) is 12.4. The Kier molecular flexibility index (Phi) is 9.46. The van der Waals surface area contributed by atoms with Gasteiger partial charge in [0, 0.05) is 54.2 Å². The number of allylic oxidation sites excluding steroid dienone is 1. The number of barbiturate groups is 1. The van der Waals surface area contributed by atoms with Crippen LogP contribution in [0.2, 0.25) is 0 Å². The largest absolute Gasteiger partial charge is 0.383 e. The van der Waals surface area contributed by atoms with Crippen molar-refractivity contribution in [1.82, 2.24) is 9.80 Å². The van der Waals surface area contributed by atoms with Crippen molar-refractivity contribution in [2.24, 2.45) is 0 Å². The lowest BCUT2D eigenvalue weighted by atomic mass is 9.99. The topological polar surface area (TPSA) is 73.4 Å². The molecule has 3 aliphatic rings. The van der Waals surface area contributed by atoms with Gasteiger partial charge in [0.05, 0.1) is 34.9 Å². The van der Waals surface area contributed by atoms with Crippen molar-refractivity contribution in [3.8, 4) is 0 Å². The number of hydrogen-bond acceptors (Lipinski definition) is 8. The molecule has 10 heteroatoms. The molecule has 0 aromatic heterocycles. The first kappa shape index (κ1) is 33.3. The summed E-state index contributed by atoms with van der Waals surface area (Å²) in [7, 11) is 3.63. The first-order chi connectivity index (χ1) is 23.9. The Bertz CT molecular complexity index is 2010. The van der Waals surface area contributed by atoms with Crippen molar-refractivity contribution in [2.75, 3.05) is 50.2 Å². The van der Waals surface area contributed by atoms with Crippen LogP contribution in [0.1, 0.15) is 33.1 Å². The van der Waals surface area contributed by atoms with E-state index in [0.717, 1.165) is 48.8 Å². The van der Waals surface area contributed by atoms with E-state index in [-0.39, 0.29) is 30.6 Å². The molecule has 0 radical (unpaired) electrons. The normalized spacial score (nSPS) is 19.6. The van der Waals surface area contributed by atoms with Crippen molar-refractivity contribution in [3.05, 3.63) is 95.0 Å². The molecule has 3 aliphatic heterocycles. The van der Waals surface area contributed by atoms with E-state index in [4.69, 9.17) is 4.74 Å². The minimum atomic E-state index is -0.577. The number of rotatable bonds is 10. The molecule has 0 saturated carbocycles. The molecular formula is C39H40N4O4S2. The van der Waals surface area contributed by atoms with E-state index in [1.54, 1.807) is 23.5 Å². The Hall–Kier alpha value is -4.25. The monoisotopic (exact) mass is 692 g/mol. The van der Waals surface area contributed by atoms with E-state index in [1.165, 1.54) is 22.3 Å². The Morgan fingerprint density at radius 2 is 1.43 bits per heavy atom. The summed E-state index contributed by atoms with van der Waals surface area (Å²) in [5.41, 5.74) is 2.98. The molecule has 8 nitrogen and oxygen atoms in total. The predicted molar refractivity (Wildman–Crippen MR) is 200 cm³/mol. The third kappa shape index (κ3) is 5.89.